The van der Waals surface area contributed by atoms with E-state index in [4.69, 9.17) is 4.74 Å². The molecule has 0 atom stereocenters. The Morgan fingerprint density at radius 1 is 1.36 bits per heavy atom. The van der Waals surface area contributed by atoms with Gasteiger partial charge in [-0.05, 0) is 6.07 Å². The van der Waals surface area contributed by atoms with Gasteiger partial charge in [0.25, 0.3) is 0 Å². The number of nitrogens with zero attached hydrogens (tertiary/aromatic N) is 1. The van der Waals surface area contributed by atoms with E-state index in [9.17, 15) is 13.2 Å². The van der Waals surface area contributed by atoms with Crippen LogP contribution in [0.4, 0.5) is 13.2 Å². The summed E-state index contributed by atoms with van der Waals surface area (Å²) in [6.07, 6.45) is -3.61. The standard InChI is InChI=1S/C8H8F3NOS/c9-8(10,11)6-1-2-7(12-5-6)13-3-4-14/h1-2,5,14H,3-4H2. The van der Waals surface area contributed by atoms with E-state index >= 15 is 0 Å². The molecular formula is C8H8F3NOS. The number of hydrogen-bond donors (Lipinski definition) is 1. The largest absolute Gasteiger partial charge is 0.477 e. The molecule has 0 bridgehead atoms. The van der Waals surface area contributed by atoms with Crippen LogP contribution in [0.2, 0.25) is 0 Å². The second-order valence-electron chi connectivity index (χ2n) is 2.45. The van der Waals surface area contributed by atoms with Gasteiger partial charge in [-0.25, -0.2) is 4.98 Å². The fourth-order valence-corrected chi connectivity index (χ4v) is 0.875. The lowest BCUT2D eigenvalue weighted by molar-refractivity contribution is -0.137. The van der Waals surface area contributed by atoms with Crippen LogP contribution in [0.25, 0.3) is 0 Å². The summed E-state index contributed by atoms with van der Waals surface area (Å²) < 4.78 is 41.2. The van der Waals surface area contributed by atoms with Crippen LogP contribution < -0.4 is 4.74 Å². The molecule has 1 heterocycles. The molecule has 0 saturated carbocycles. The molecule has 78 valence electrons. The van der Waals surface area contributed by atoms with Gasteiger partial charge in [-0.2, -0.15) is 25.8 Å². The smallest absolute Gasteiger partial charge is 0.417 e. The molecule has 0 aromatic carbocycles. The number of halogens is 3. The quantitative estimate of drug-likeness (QED) is 0.795. The molecule has 6 heteroatoms. The third-order valence-electron chi connectivity index (χ3n) is 1.40. The first kappa shape index (κ1) is 11.2. The third kappa shape index (κ3) is 3.10. The SMILES string of the molecule is FC(F)(F)c1ccc(OCCS)nc1. The molecule has 2 nitrogen and oxygen atoms in total. The van der Waals surface area contributed by atoms with Crippen LogP contribution in [0, 0.1) is 0 Å². The van der Waals surface area contributed by atoms with E-state index in [1.54, 1.807) is 0 Å². The highest BCUT2D eigenvalue weighted by atomic mass is 32.1. The van der Waals surface area contributed by atoms with E-state index < -0.39 is 11.7 Å². The third-order valence-corrected chi connectivity index (χ3v) is 1.59. The summed E-state index contributed by atoms with van der Waals surface area (Å²) in [5.74, 6) is 0.662. The zero-order valence-corrected chi connectivity index (χ0v) is 7.98. The Balaban J connectivity index is 2.69. The molecule has 1 aromatic rings. The first-order valence-corrected chi connectivity index (χ1v) is 4.44. The lowest BCUT2D eigenvalue weighted by Crippen LogP contribution is -2.06. The number of rotatable bonds is 3. The Labute approximate surface area is 84.5 Å². The highest BCUT2D eigenvalue weighted by Crippen LogP contribution is 2.29. The van der Waals surface area contributed by atoms with Crippen LogP contribution in [0.5, 0.6) is 5.88 Å². The molecular weight excluding hydrogens is 215 g/mol. The van der Waals surface area contributed by atoms with Crippen molar-refractivity contribution in [2.24, 2.45) is 0 Å². The fourth-order valence-electron chi connectivity index (χ4n) is 0.784. The van der Waals surface area contributed by atoms with Crippen LogP contribution in [0.3, 0.4) is 0 Å². The van der Waals surface area contributed by atoms with Crippen molar-refractivity contribution in [3.8, 4) is 5.88 Å². The first-order valence-electron chi connectivity index (χ1n) is 3.81. The Morgan fingerprint density at radius 2 is 2.07 bits per heavy atom. The van der Waals surface area contributed by atoms with Gasteiger partial charge < -0.3 is 4.74 Å². The minimum atomic E-state index is -4.35. The van der Waals surface area contributed by atoms with Crippen molar-refractivity contribution in [3.05, 3.63) is 23.9 Å². The Bertz CT molecular complexity index is 286. The molecule has 1 aromatic heterocycles. The van der Waals surface area contributed by atoms with E-state index in [-0.39, 0.29) is 5.88 Å². The number of aromatic nitrogens is 1. The van der Waals surface area contributed by atoms with Crippen LogP contribution >= 0.6 is 12.6 Å². The molecule has 0 aliphatic rings. The summed E-state index contributed by atoms with van der Waals surface area (Å²) in [6.45, 7) is 0.321. The van der Waals surface area contributed by atoms with Crippen LogP contribution in [0.1, 0.15) is 5.56 Å². The van der Waals surface area contributed by atoms with Gasteiger partial charge >= 0.3 is 6.18 Å². The summed E-state index contributed by atoms with van der Waals surface area (Å²) in [5.41, 5.74) is -0.782. The molecule has 0 radical (unpaired) electrons. The zero-order valence-electron chi connectivity index (χ0n) is 7.08. The molecule has 0 amide bonds. The van der Waals surface area contributed by atoms with Crippen LogP contribution in [0.15, 0.2) is 18.3 Å². The number of alkyl halides is 3. The molecule has 0 N–H and O–H groups in total. The van der Waals surface area contributed by atoms with Gasteiger partial charge in [0.1, 0.15) is 0 Å². The van der Waals surface area contributed by atoms with E-state index in [1.807, 2.05) is 0 Å². The van der Waals surface area contributed by atoms with Gasteiger partial charge in [-0.1, -0.05) is 0 Å². The molecule has 0 fully saturated rings. The number of pyridine rings is 1. The summed E-state index contributed by atoms with van der Waals surface area (Å²) in [5, 5.41) is 0. The van der Waals surface area contributed by atoms with Crippen molar-refractivity contribution in [3.63, 3.8) is 0 Å². The van der Waals surface area contributed by atoms with Crippen molar-refractivity contribution < 1.29 is 17.9 Å². The normalized spacial score (nSPS) is 11.4. The van der Waals surface area contributed by atoms with Gasteiger partial charge in [0, 0.05) is 18.0 Å². The summed E-state index contributed by atoms with van der Waals surface area (Å²) in [6, 6.07) is 2.12. The summed E-state index contributed by atoms with van der Waals surface area (Å²) >= 11 is 3.88. The lowest BCUT2D eigenvalue weighted by atomic mass is 10.3. The summed E-state index contributed by atoms with van der Waals surface area (Å²) in [7, 11) is 0. The van der Waals surface area contributed by atoms with E-state index in [1.165, 1.54) is 6.07 Å². The minimum Gasteiger partial charge on any atom is -0.477 e. The summed E-state index contributed by atoms with van der Waals surface area (Å²) in [4.78, 5) is 3.51. The van der Waals surface area contributed by atoms with Gasteiger partial charge in [-0.3, -0.25) is 0 Å². The number of thiol groups is 1. The van der Waals surface area contributed by atoms with Gasteiger partial charge in [-0.15, -0.1) is 0 Å². The number of ether oxygens (including phenoxy) is 1. The van der Waals surface area contributed by atoms with E-state index in [0.717, 1.165) is 12.3 Å². The molecule has 0 aliphatic carbocycles. The molecule has 0 spiro atoms. The first-order chi connectivity index (χ1) is 6.54. The second-order valence-corrected chi connectivity index (χ2v) is 2.90. The second kappa shape index (κ2) is 4.54. The topological polar surface area (TPSA) is 22.1 Å². The minimum absolute atomic E-state index is 0.173. The average molecular weight is 223 g/mol. The Kier molecular flexibility index (Phi) is 3.62. The zero-order chi connectivity index (χ0) is 10.6. The number of hydrogen-bond acceptors (Lipinski definition) is 3. The van der Waals surface area contributed by atoms with Gasteiger partial charge in [0.2, 0.25) is 5.88 Å². The van der Waals surface area contributed by atoms with Crippen molar-refractivity contribution in [1.82, 2.24) is 4.98 Å². The predicted molar refractivity (Wildman–Crippen MR) is 48.6 cm³/mol. The maximum Gasteiger partial charge on any atom is 0.417 e. The van der Waals surface area contributed by atoms with Crippen molar-refractivity contribution in [1.29, 1.82) is 0 Å². The molecule has 0 unspecified atom stereocenters. The molecule has 14 heavy (non-hydrogen) atoms. The maximum atomic E-state index is 12.1. The Hall–Kier alpha value is -0.910. The van der Waals surface area contributed by atoms with Crippen molar-refractivity contribution in [2.75, 3.05) is 12.4 Å². The molecule has 0 aliphatic heterocycles. The van der Waals surface area contributed by atoms with E-state index in [2.05, 4.69) is 17.6 Å². The maximum absolute atomic E-state index is 12.1. The predicted octanol–water partition coefficient (Wildman–Crippen LogP) is 2.41. The van der Waals surface area contributed by atoms with Crippen molar-refractivity contribution >= 4 is 12.6 Å². The molecule has 1 rings (SSSR count). The Morgan fingerprint density at radius 3 is 2.50 bits per heavy atom. The highest BCUT2D eigenvalue weighted by molar-refractivity contribution is 7.80. The monoisotopic (exact) mass is 223 g/mol. The highest BCUT2D eigenvalue weighted by Gasteiger charge is 2.30. The average Bonchev–Trinajstić information content (AvgIpc) is 2.14. The lowest BCUT2D eigenvalue weighted by Gasteiger charge is -2.07. The van der Waals surface area contributed by atoms with Crippen LogP contribution in [-0.2, 0) is 6.18 Å². The van der Waals surface area contributed by atoms with Crippen molar-refractivity contribution in [2.45, 2.75) is 6.18 Å². The fraction of sp³-hybridized carbons (Fsp3) is 0.375. The van der Waals surface area contributed by atoms with E-state index in [0.29, 0.717) is 12.4 Å². The van der Waals surface area contributed by atoms with Gasteiger partial charge in [0.15, 0.2) is 0 Å². The van der Waals surface area contributed by atoms with Gasteiger partial charge in [0.05, 0.1) is 12.2 Å². The molecule has 0 saturated heterocycles. The van der Waals surface area contributed by atoms with Crippen LogP contribution in [-0.4, -0.2) is 17.3 Å².